The molecular weight excluding hydrogens is 252 g/mol. The first-order valence-electron chi connectivity index (χ1n) is 8.19. The van der Waals surface area contributed by atoms with E-state index in [1.54, 1.807) is 0 Å². The zero-order valence-corrected chi connectivity index (χ0v) is 15.1. The number of rotatable bonds is 10. The van der Waals surface area contributed by atoms with Crippen molar-refractivity contribution in [3.8, 4) is 0 Å². The molecule has 0 radical (unpaired) electrons. The van der Waals surface area contributed by atoms with E-state index in [2.05, 4.69) is 41.5 Å². The molecule has 0 amide bonds. The molecule has 116 valence electrons. The van der Waals surface area contributed by atoms with E-state index in [1.807, 2.05) is 0 Å². The zero-order chi connectivity index (χ0) is 15.2. The van der Waals surface area contributed by atoms with E-state index in [0.29, 0.717) is 0 Å². The zero-order valence-electron chi connectivity index (χ0n) is 14.1. The van der Waals surface area contributed by atoms with Crippen LogP contribution in [0.15, 0.2) is 0 Å². The van der Waals surface area contributed by atoms with E-state index in [0.717, 1.165) is 51.4 Å². The molecule has 0 aromatic rings. The third-order valence-electron chi connectivity index (χ3n) is 5.41. The summed E-state index contributed by atoms with van der Waals surface area (Å²) in [7, 11) is -3.29. The maximum absolute atomic E-state index is 11.1. The van der Waals surface area contributed by atoms with E-state index in [4.69, 9.17) is 0 Å². The van der Waals surface area contributed by atoms with Crippen LogP contribution in [0.1, 0.15) is 92.9 Å². The molecule has 0 aromatic carbocycles. The minimum absolute atomic E-state index is 0.276. The summed E-state index contributed by atoms with van der Waals surface area (Å²) < 4.78 is 0. The second-order valence-electron chi connectivity index (χ2n) is 6.71. The van der Waals surface area contributed by atoms with Crippen LogP contribution in [0, 0.1) is 0 Å². The Morgan fingerprint density at radius 3 is 1.26 bits per heavy atom. The van der Waals surface area contributed by atoms with Gasteiger partial charge >= 0.3 is 8.56 Å². The van der Waals surface area contributed by atoms with Gasteiger partial charge in [0.2, 0.25) is 0 Å². The summed E-state index contributed by atoms with van der Waals surface area (Å²) in [6.45, 7) is 12.8. The second kappa shape index (κ2) is 7.80. The lowest BCUT2D eigenvalue weighted by Crippen LogP contribution is -2.56. The summed E-state index contributed by atoms with van der Waals surface area (Å²) in [6.07, 6.45) is 8.06. The Bertz CT molecular complexity index is 231. The fourth-order valence-electron chi connectivity index (χ4n) is 3.06. The molecule has 0 aromatic heterocycles. The van der Waals surface area contributed by atoms with Gasteiger partial charge in [0.25, 0.3) is 0 Å². The van der Waals surface area contributed by atoms with Crippen LogP contribution >= 0.6 is 0 Å². The lowest BCUT2D eigenvalue weighted by molar-refractivity contribution is 0.223. The van der Waals surface area contributed by atoms with Gasteiger partial charge in [0.15, 0.2) is 0 Å². The molecule has 0 rings (SSSR count). The highest BCUT2D eigenvalue weighted by Gasteiger charge is 2.58. The van der Waals surface area contributed by atoms with Gasteiger partial charge < -0.3 is 9.59 Å². The van der Waals surface area contributed by atoms with Gasteiger partial charge in [0.05, 0.1) is 0 Å². The Morgan fingerprint density at radius 1 is 0.737 bits per heavy atom. The molecule has 0 spiro atoms. The third-order valence-corrected chi connectivity index (χ3v) is 9.98. The quantitative estimate of drug-likeness (QED) is 0.547. The third kappa shape index (κ3) is 4.05. The smallest absolute Gasteiger partial charge is 0.345 e. The van der Waals surface area contributed by atoms with Gasteiger partial charge in [-0.2, -0.15) is 0 Å². The molecule has 0 fully saturated rings. The molecule has 2 N–H and O–H groups in total. The molecule has 3 heteroatoms. The molecule has 2 nitrogen and oxygen atoms in total. The summed E-state index contributed by atoms with van der Waals surface area (Å²) in [4.78, 5) is 22.2. The fraction of sp³-hybridized carbons (Fsp3) is 1.00. The van der Waals surface area contributed by atoms with Gasteiger partial charge in [0.1, 0.15) is 0 Å². The Kier molecular flexibility index (Phi) is 7.85. The van der Waals surface area contributed by atoms with Crippen LogP contribution in [-0.4, -0.2) is 18.2 Å². The lowest BCUT2D eigenvalue weighted by Gasteiger charge is -2.48. The van der Waals surface area contributed by atoms with Crippen molar-refractivity contribution in [2.75, 3.05) is 0 Å². The average Bonchev–Trinajstić information content (AvgIpc) is 2.41. The maximum atomic E-state index is 11.1. The predicted octanol–water partition coefficient (Wildman–Crippen LogP) is 5.13. The molecule has 2 atom stereocenters. The maximum Gasteiger partial charge on any atom is 0.345 e. The number of hydrogen-bond donors (Lipinski definition) is 2. The van der Waals surface area contributed by atoms with E-state index >= 15 is 0 Å². The standard InChI is InChI=1S/C16H36O2Si/c1-7-11-13-15(5,9-3)19(17,18)16(6,10-4)14-12-8-2/h17-18H,7-14H2,1-6H3. The van der Waals surface area contributed by atoms with Crippen LogP contribution in [0.2, 0.25) is 10.1 Å². The molecule has 0 aliphatic heterocycles. The molecule has 19 heavy (non-hydrogen) atoms. The molecule has 0 saturated heterocycles. The SMILES string of the molecule is CCCCC(C)(CC)[Si](O)(O)C(C)(CC)CCCC. The molecule has 0 saturated carbocycles. The summed E-state index contributed by atoms with van der Waals surface area (Å²) in [5.41, 5.74) is 0. The van der Waals surface area contributed by atoms with Crippen LogP contribution < -0.4 is 0 Å². The van der Waals surface area contributed by atoms with Crippen LogP contribution in [0.5, 0.6) is 0 Å². The van der Waals surface area contributed by atoms with E-state index in [1.165, 1.54) is 0 Å². The van der Waals surface area contributed by atoms with Crippen molar-refractivity contribution in [2.45, 2.75) is 103 Å². The van der Waals surface area contributed by atoms with Gasteiger partial charge in [-0.1, -0.05) is 67.2 Å². The van der Waals surface area contributed by atoms with Crippen LogP contribution in [0.4, 0.5) is 0 Å². The summed E-state index contributed by atoms with van der Waals surface area (Å²) in [5, 5.41) is -0.553. The average molecular weight is 289 g/mol. The Morgan fingerprint density at radius 2 is 1.05 bits per heavy atom. The highest BCUT2D eigenvalue weighted by molar-refractivity contribution is 6.71. The first kappa shape index (κ1) is 19.1. The molecule has 0 heterocycles. The van der Waals surface area contributed by atoms with Crippen LogP contribution in [0.3, 0.4) is 0 Å². The highest BCUT2D eigenvalue weighted by Crippen LogP contribution is 2.56. The van der Waals surface area contributed by atoms with Crippen molar-refractivity contribution >= 4 is 8.56 Å². The van der Waals surface area contributed by atoms with Gasteiger partial charge in [0, 0.05) is 10.1 Å². The van der Waals surface area contributed by atoms with Crippen molar-refractivity contribution in [3.63, 3.8) is 0 Å². The summed E-state index contributed by atoms with van der Waals surface area (Å²) in [5.74, 6) is 0. The largest absolute Gasteiger partial charge is 0.410 e. The molecular formula is C16H36O2Si. The van der Waals surface area contributed by atoms with Crippen molar-refractivity contribution < 1.29 is 9.59 Å². The predicted molar refractivity (Wildman–Crippen MR) is 86.6 cm³/mol. The van der Waals surface area contributed by atoms with E-state index < -0.39 is 8.56 Å². The number of unbranched alkanes of at least 4 members (excludes halogenated alkanes) is 2. The van der Waals surface area contributed by atoms with Gasteiger partial charge in [-0.3, -0.25) is 0 Å². The van der Waals surface area contributed by atoms with Gasteiger partial charge in [-0.05, 0) is 25.7 Å². The molecule has 2 unspecified atom stereocenters. The van der Waals surface area contributed by atoms with Gasteiger partial charge in [-0.15, -0.1) is 0 Å². The molecule has 0 aliphatic rings. The minimum atomic E-state index is -3.29. The van der Waals surface area contributed by atoms with Crippen molar-refractivity contribution in [2.24, 2.45) is 0 Å². The van der Waals surface area contributed by atoms with E-state index in [-0.39, 0.29) is 10.1 Å². The first-order chi connectivity index (χ1) is 8.74. The van der Waals surface area contributed by atoms with Crippen LogP contribution in [0.25, 0.3) is 0 Å². The van der Waals surface area contributed by atoms with Gasteiger partial charge in [-0.25, -0.2) is 0 Å². The van der Waals surface area contributed by atoms with Crippen molar-refractivity contribution in [1.29, 1.82) is 0 Å². The number of hydrogen-bond acceptors (Lipinski definition) is 2. The van der Waals surface area contributed by atoms with E-state index in [9.17, 15) is 9.59 Å². The molecule has 0 bridgehead atoms. The minimum Gasteiger partial charge on any atom is -0.410 e. The van der Waals surface area contributed by atoms with Crippen molar-refractivity contribution in [3.05, 3.63) is 0 Å². The van der Waals surface area contributed by atoms with Crippen molar-refractivity contribution in [1.82, 2.24) is 0 Å². The summed E-state index contributed by atoms with van der Waals surface area (Å²) in [6, 6.07) is 0. The fourth-order valence-corrected chi connectivity index (χ4v) is 6.55. The second-order valence-corrected chi connectivity index (χ2v) is 10.5. The first-order valence-corrected chi connectivity index (χ1v) is 10.1. The topological polar surface area (TPSA) is 40.5 Å². The normalized spacial score (nSPS) is 18.9. The Balaban J connectivity index is 5.23. The lowest BCUT2D eigenvalue weighted by atomic mass is 9.98. The Hall–Kier alpha value is 0.137. The van der Waals surface area contributed by atoms with Crippen LogP contribution in [-0.2, 0) is 0 Å². The molecule has 0 aliphatic carbocycles. The highest BCUT2D eigenvalue weighted by atomic mass is 28.4. The summed E-state index contributed by atoms with van der Waals surface area (Å²) >= 11 is 0. The monoisotopic (exact) mass is 288 g/mol. The Labute approximate surface area is 121 Å².